The van der Waals surface area contributed by atoms with Crippen molar-refractivity contribution in [2.45, 2.75) is 0 Å². The van der Waals surface area contributed by atoms with Gasteiger partial charge in [-0.15, -0.1) is 0 Å². The van der Waals surface area contributed by atoms with E-state index in [1.807, 2.05) is 54.7 Å². The molecule has 0 radical (unpaired) electrons. The first-order valence-corrected chi connectivity index (χ1v) is 7.27. The second kappa shape index (κ2) is 5.58. The Morgan fingerprint density at radius 2 is 1.86 bits per heavy atom. The number of carbonyl (C=O) groups is 1. The molecule has 0 aliphatic carbocycles. The quantitative estimate of drug-likeness (QED) is 0.673. The molecule has 0 unspecified atom stereocenters. The Morgan fingerprint density at radius 3 is 2.62 bits per heavy atom. The smallest absolute Gasteiger partial charge is 0.255 e. The summed E-state index contributed by atoms with van der Waals surface area (Å²) in [4.78, 5) is 15.5. The Bertz CT molecular complexity index is 821. The predicted molar refractivity (Wildman–Crippen MR) is 90.1 cm³/mol. The van der Waals surface area contributed by atoms with Gasteiger partial charge in [-0.05, 0) is 34.1 Å². The van der Waals surface area contributed by atoms with E-state index in [4.69, 9.17) is 0 Å². The van der Waals surface area contributed by atoms with Crippen molar-refractivity contribution in [1.82, 2.24) is 4.98 Å². The van der Waals surface area contributed by atoms with Crippen LogP contribution in [0.1, 0.15) is 5.56 Å². The minimum absolute atomic E-state index is 0.206. The third-order valence-electron chi connectivity index (χ3n) is 3.30. The standard InChI is InChI=1S/C17H13BrN2O/c1-11(17(21)20-12-6-3-2-4-7-12)14-10-19-16-13(14)8-5-9-15(16)18/h2-10,19H,1H2,(H,20,21). The summed E-state index contributed by atoms with van der Waals surface area (Å²) in [6, 6.07) is 15.2. The minimum atomic E-state index is -0.206. The Hall–Kier alpha value is -2.33. The van der Waals surface area contributed by atoms with Crippen molar-refractivity contribution in [3.63, 3.8) is 0 Å². The highest BCUT2D eigenvalue weighted by atomic mass is 79.9. The fourth-order valence-electron chi connectivity index (χ4n) is 2.22. The number of halogens is 1. The molecule has 104 valence electrons. The lowest BCUT2D eigenvalue weighted by Crippen LogP contribution is -2.12. The number of hydrogen-bond acceptors (Lipinski definition) is 1. The Morgan fingerprint density at radius 1 is 1.10 bits per heavy atom. The van der Waals surface area contributed by atoms with Gasteiger partial charge in [0, 0.05) is 32.9 Å². The number of anilines is 1. The van der Waals surface area contributed by atoms with Crippen LogP contribution in [-0.2, 0) is 4.79 Å². The molecule has 1 aromatic heterocycles. The van der Waals surface area contributed by atoms with E-state index in [9.17, 15) is 4.79 Å². The Kier molecular flexibility index (Phi) is 3.62. The van der Waals surface area contributed by atoms with Gasteiger partial charge >= 0.3 is 0 Å². The number of aromatic nitrogens is 1. The number of carbonyl (C=O) groups excluding carboxylic acids is 1. The molecule has 1 heterocycles. The molecular weight excluding hydrogens is 328 g/mol. The monoisotopic (exact) mass is 340 g/mol. The minimum Gasteiger partial charge on any atom is -0.360 e. The fraction of sp³-hybridized carbons (Fsp3) is 0. The second-order valence-electron chi connectivity index (χ2n) is 4.66. The van der Waals surface area contributed by atoms with Crippen LogP contribution in [0.3, 0.4) is 0 Å². The summed E-state index contributed by atoms with van der Waals surface area (Å²) in [5.74, 6) is -0.206. The highest BCUT2D eigenvalue weighted by Gasteiger charge is 2.14. The van der Waals surface area contributed by atoms with Crippen LogP contribution < -0.4 is 5.32 Å². The number of benzene rings is 2. The van der Waals surface area contributed by atoms with Gasteiger partial charge in [-0.25, -0.2) is 0 Å². The van der Waals surface area contributed by atoms with E-state index in [0.29, 0.717) is 5.57 Å². The zero-order valence-electron chi connectivity index (χ0n) is 11.2. The van der Waals surface area contributed by atoms with E-state index in [-0.39, 0.29) is 5.91 Å². The summed E-state index contributed by atoms with van der Waals surface area (Å²) < 4.78 is 0.961. The first-order valence-electron chi connectivity index (χ1n) is 6.48. The van der Waals surface area contributed by atoms with Gasteiger partial charge < -0.3 is 10.3 Å². The number of fused-ring (bicyclic) bond motifs is 1. The van der Waals surface area contributed by atoms with Crippen LogP contribution in [0.25, 0.3) is 16.5 Å². The summed E-state index contributed by atoms with van der Waals surface area (Å²) in [6.07, 6.45) is 1.81. The lowest BCUT2D eigenvalue weighted by molar-refractivity contribution is -0.111. The summed E-state index contributed by atoms with van der Waals surface area (Å²) in [6.45, 7) is 3.93. The molecule has 3 nitrogen and oxygen atoms in total. The van der Waals surface area contributed by atoms with Crippen molar-refractivity contribution in [2.24, 2.45) is 0 Å². The summed E-state index contributed by atoms with van der Waals surface area (Å²) >= 11 is 3.49. The number of amides is 1. The summed E-state index contributed by atoms with van der Waals surface area (Å²) in [5, 5.41) is 3.82. The van der Waals surface area contributed by atoms with E-state index in [1.165, 1.54) is 0 Å². The van der Waals surface area contributed by atoms with Crippen molar-refractivity contribution in [2.75, 3.05) is 5.32 Å². The van der Waals surface area contributed by atoms with Crippen LogP contribution in [0.2, 0.25) is 0 Å². The lowest BCUT2D eigenvalue weighted by Gasteiger charge is -2.07. The number of nitrogens with one attached hydrogen (secondary N) is 2. The van der Waals surface area contributed by atoms with Crippen LogP contribution in [0, 0.1) is 0 Å². The maximum Gasteiger partial charge on any atom is 0.255 e. The number of H-pyrrole nitrogens is 1. The molecule has 0 saturated carbocycles. The average Bonchev–Trinajstić information content (AvgIpc) is 2.93. The van der Waals surface area contributed by atoms with Crippen LogP contribution in [0.4, 0.5) is 5.69 Å². The largest absolute Gasteiger partial charge is 0.360 e. The zero-order valence-corrected chi connectivity index (χ0v) is 12.8. The van der Waals surface area contributed by atoms with E-state index in [2.05, 4.69) is 32.8 Å². The number of rotatable bonds is 3. The molecule has 4 heteroatoms. The lowest BCUT2D eigenvalue weighted by atomic mass is 10.1. The molecule has 2 aromatic carbocycles. The number of aromatic amines is 1. The molecule has 0 spiro atoms. The third-order valence-corrected chi connectivity index (χ3v) is 3.96. The van der Waals surface area contributed by atoms with E-state index < -0.39 is 0 Å². The maximum atomic E-state index is 12.3. The first-order chi connectivity index (χ1) is 10.2. The maximum absolute atomic E-state index is 12.3. The Balaban J connectivity index is 1.90. The van der Waals surface area contributed by atoms with Crippen molar-refractivity contribution in [3.8, 4) is 0 Å². The van der Waals surface area contributed by atoms with Crippen LogP contribution >= 0.6 is 15.9 Å². The molecule has 0 fully saturated rings. The highest BCUT2D eigenvalue weighted by molar-refractivity contribution is 9.10. The van der Waals surface area contributed by atoms with Gasteiger partial charge in [0.1, 0.15) is 0 Å². The predicted octanol–water partition coefficient (Wildman–Crippen LogP) is 4.58. The summed E-state index contributed by atoms with van der Waals surface area (Å²) in [7, 11) is 0. The summed E-state index contributed by atoms with van der Waals surface area (Å²) in [5.41, 5.74) is 2.95. The molecule has 0 aliphatic rings. The molecule has 0 saturated heterocycles. The van der Waals surface area contributed by atoms with Gasteiger partial charge in [-0.2, -0.15) is 0 Å². The van der Waals surface area contributed by atoms with E-state index in [0.717, 1.165) is 26.6 Å². The molecule has 0 bridgehead atoms. The second-order valence-corrected chi connectivity index (χ2v) is 5.52. The molecular formula is C17H13BrN2O. The van der Waals surface area contributed by atoms with E-state index >= 15 is 0 Å². The molecule has 2 N–H and O–H groups in total. The van der Waals surface area contributed by atoms with Crippen molar-refractivity contribution >= 4 is 44.0 Å². The Labute approximate surface area is 130 Å². The van der Waals surface area contributed by atoms with Gasteiger partial charge in [0.15, 0.2) is 0 Å². The average molecular weight is 341 g/mol. The SMILES string of the molecule is C=C(C(=O)Nc1ccccc1)c1c[nH]c2c(Br)cccc12. The highest BCUT2D eigenvalue weighted by Crippen LogP contribution is 2.29. The van der Waals surface area contributed by atoms with Gasteiger partial charge in [-0.3, -0.25) is 4.79 Å². The fourth-order valence-corrected chi connectivity index (χ4v) is 2.70. The molecule has 0 aliphatic heterocycles. The van der Waals surface area contributed by atoms with Crippen molar-refractivity contribution in [3.05, 3.63) is 71.3 Å². The van der Waals surface area contributed by atoms with Gasteiger partial charge in [-0.1, -0.05) is 36.9 Å². The topological polar surface area (TPSA) is 44.9 Å². The van der Waals surface area contributed by atoms with E-state index in [1.54, 1.807) is 0 Å². The van der Waals surface area contributed by atoms with Gasteiger partial charge in [0.25, 0.3) is 5.91 Å². The normalized spacial score (nSPS) is 10.5. The van der Waals surface area contributed by atoms with Crippen LogP contribution in [-0.4, -0.2) is 10.9 Å². The molecule has 1 amide bonds. The molecule has 21 heavy (non-hydrogen) atoms. The van der Waals surface area contributed by atoms with Crippen molar-refractivity contribution in [1.29, 1.82) is 0 Å². The molecule has 0 atom stereocenters. The van der Waals surface area contributed by atoms with Crippen LogP contribution in [0.15, 0.2) is 65.8 Å². The van der Waals surface area contributed by atoms with Crippen molar-refractivity contribution < 1.29 is 4.79 Å². The third kappa shape index (κ3) is 2.62. The number of para-hydroxylation sites is 2. The number of hydrogen-bond donors (Lipinski definition) is 2. The first kappa shape index (κ1) is 13.6. The molecule has 3 aromatic rings. The van der Waals surface area contributed by atoms with Crippen LogP contribution in [0.5, 0.6) is 0 Å². The molecule has 3 rings (SSSR count). The zero-order chi connectivity index (χ0) is 14.8. The van der Waals surface area contributed by atoms with Gasteiger partial charge in [0.05, 0.1) is 5.52 Å². The van der Waals surface area contributed by atoms with Gasteiger partial charge in [0.2, 0.25) is 0 Å².